The van der Waals surface area contributed by atoms with Crippen molar-refractivity contribution in [2.75, 3.05) is 32.4 Å². The van der Waals surface area contributed by atoms with Crippen LogP contribution in [-0.2, 0) is 33.3 Å². The van der Waals surface area contributed by atoms with Gasteiger partial charge >= 0.3 is 5.97 Å². The molecule has 4 fully saturated rings. The fourth-order valence-corrected chi connectivity index (χ4v) is 7.15. The van der Waals surface area contributed by atoms with E-state index in [9.17, 15) is 18.0 Å². The smallest absolute Gasteiger partial charge is 0.324 e. The standard InChI is InChI=1S/C27H36O8S/c1-3-9-32-10-11-36(30,31)35-18-26(2,24(28)23-7-5-4-6-8-23)25(29)33-19-34-27-15-20-12-21(16-27)14-22(13-20)17-27/h3-8,20-22H,1,9-19H2,2H3. The quantitative estimate of drug-likeness (QED) is 0.0692. The molecule has 0 aromatic heterocycles. The fourth-order valence-electron chi connectivity index (χ4n) is 6.29. The minimum atomic E-state index is -4.05. The summed E-state index contributed by atoms with van der Waals surface area (Å²) in [6, 6.07) is 8.22. The van der Waals surface area contributed by atoms with Gasteiger partial charge in [-0.3, -0.25) is 13.8 Å². The molecule has 4 aliphatic rings. The topological polar surface area (TPSA) is 105 Å². The third kappa shape index (κ3) is 6.25. The summed E-state index contributed by atoms with van der Waals surface area (Å²) in [5, 5.41) is 0. The highest BCUT2D eigenvalue weighted by atomic mass is 32.2. The zero-order chi connectivity index (χ0) is 25.8. The Bertz CT molecular complexity index is 1020. The lowest BCUT2D eigenvalue weighted by molar-refractivity contribution is -0.214. The van der Waals surface area contributed by atoms with Crippen LogP contribution < -0.4 is 0 Å². The molecule has 1 atom stereocenters. The molecule has 1 aromatic rings. The van der Waals surface area contributed by atoms with Gasteiger partial charge in [0.25, 0.3) is 10.1 Å². The third-order valence-electron chi connectivity index (χ3n) is 7.77. The van der Waals surface area contributed by atoms with Crippen molar-refractivity contribution in [3.63, 3.8) is 0 Å². The van der Waals surface area contributed by atoms with E-state index in [1.165, 1.54) is 32.3 Å². The first-order chi connectivity index (χ1) is 17.1. The molecule has 0 N–H and O–H groups in total. The summed E-state index contributed by atoms with van der Waals surface area (Å²) >= 11 is 0. The maximum absolute atomic E-state index is 13.4. The Hall–Kier alpha value is -2.07. The molecule has 1 aromatic carbocycles. The Balaban J connectivity index is 1.41. The molecule has 0 spiro atoms. The molecule has 0 aliphatic heterocycles. The van der Waals surface area contributed by atoms with Gasteiger partial charge in [-0.25, -0.2) is 0 Å². The average Bonchev–Trinajstić information content (AvgIpc) is 2.84. The first-order valence-corrected chi connectivity index (χ1v) is 14.2. The number of carbonyl (C=O) groups excluding carboxylic acids is 2. The predicted molar refractivity (Wildman–Crippen MR) is 133 cm³/mol. The summed E-state index contributed by atoms with van der Waals surface area (Å²) in [5.74, 6) is 0.142. The van der Waals surface area contributed by atoms with E-state index in [0.29, 0.717) is 17.8 Å². The maximum Gasteiger partial charge on any atom is 0.324 e. The normalized spacial score (nSPS) is 28.4. The molecular weight excluding hydrogens is 484 g/mol. The lowest BCUT2D eigenvalue weighted by Crippen LogP contribution is -2.52. The average molecular weight is 521 g/mol. The second kappa shape index (κ2) is 11.1. The first-order valence-electron chi connectivity index (χ1n) is 12.6. The summed E-state index contributed by atoms with van der Waals surface area (Å²) in [7, 11) is -4.05. The number of esters is 1. The van der Waals surface area contributed by atoms with Crippen molar-refractivity contribution in [2.24, 2.45) is 23.2 Å². The van der Waals surface area contributed by atoms with Crippen molar-refractivity contribution in [1.82, 2.24) is 0 Å². The molecule has 9 heteroatoms. The summed E-state index contributed by atoms with van der Waals surface area (Å²) in [5.41, 5.74) is -1.88. The molecule has 198 valence electrons. The zero-order valence-corrected chi connectivity index (χ0v) is 21.7. The fraction of sp³-hybridized carbons (Fsp3) is 0.630. The second-order valence-electron chi connectivity index (χ2n) is 10.7. The summed E-state index contributed by atoms with van der Waals surface area (Å²) in [4.78, 5) is 26.6. The lowest BCUT2D eigenvalue weighted by atomic mass is 9.54. The van der Waals surface area contributed by atoms with Crippen LogP contribution >= 0.6 is 0 Å². The van der Waals surface area contributed by atoms with Gasteiger partial charge in [-0.1, -0.05) is 36.4 Å². The molecule has 5 rings (SSSR count). The van der Waals surface area contributed by atoms with Crippen LogP contribution in [-0.4, -0.2) is 58.1 Å². The van der Waals surface area contributed by atoms with Crippen molar-refractivity contribution in [2.45, 2.75) is 51.0 Å². The highest BCUT2D eigenvalue weighted by Crippen LogP contribution is 2.57. The number of Topliss-reactive ketones (excluding diaryl/α,β-unsaturated/α-hetero) is 1. The van der Waals surface area contributed by atoms with Crippen LogP contribution in [0.4, 0.5) is 0 Å². The number of carbonyl (C=O) groups is 2. The van der Waals surface area contributed by atoms with Crippen molar-refractivity contribution < 1.29 is 36.4 Å². The highest BCUT2D eigenvalue weighted by molar-refractivity contribution is 7.86. The van der Waals surface area contributed by atoms with Crippen LogP contribution in [0, 0.1) is 23.2 Å². The van der Waals surface area contributed by atoms with E-state index in [1.807, 2.05) is 0 Å². The number of ketones is 1. The maximum atomic E-state index is 13.4. The van der Waals surface area contributed by atoms with Crippen molar-refractivity contribution in [3.8, 4) is 0 Å². The van der Waals surface area contributed by atoms with Crippen LogP contribution in [0.2, 0.25) is 0 Å². The summed E-state index contributed by atoms with van der Waals surface area (Å²) in [6.07, 6.45) is 8.22. The van der Waals surface area contributed by atoms with E-state index in [0.717, 1.165) is 19.3 Å². The molecule has 1 unspecified atom stereocenters. The largest absolute Gasteiger partial charge is 0.438 e. The predicted octanol–water partition coefficient (Wildman–Crippen LogP) is 3.91. The third-order valence-corrected chi connectivity index (χ3v) is 8.91. The number of ether oxygens (including phenoxy) is 3. The number of rotatable bonds is 14. The summed E-state index contributed by atoms with van der Waals surface area (Å²) < 4.78 is 46.6. The van der Waals surface area contributed by atoms with Crippen LogP contribution in [0.25, 0.3) is 0 Å². The van der Waals surface area contributed by atoms with Crippen LogP contribution in [0.5, 0.6) is 0 Å². The zero-order valence-electron chi connectivity index (χ0n) is 20.9. The van der Waals surface area contributed by atoms with Gasteiger partial charge in [-0.15, -0.1) is 6.58 Å². The number of benzene rings is 1. The van der Waals surface area contributed by atoms with Crippen molar-refractivity contribution in [3.05, 3.63) is 48.6 Å². The number of hydrogen-bond donors (Lipinski definition) is 0. The van der Waals surface area contributed by atoms with E-state index in [2.05, 4.69) is 6.58 Å². The second-order valence-corrected chi connectivity index (χ2v) is 12.5. The Morgan fingerprint density at radius 1 is 1.08 bits per heavy atom. The highest BCUT2D eigenvalue weighted by Gasteiger charge is 2.52. The van der Waals surface area contributed by atoms with Gasteiger partial charge in [0.2, 0.25) is 0 Å². The first kappa shape index (κ1) is 27.0. The monoisotopic (exact) mass is 520 g/mol. The van der Waals surface area contributed by atoms with Crippen LogP contribution in [0.1, 0.15) is 55.8 Å². The minimum Gasteiger partial charge on any atom is -0.438 e. The lowest BCUT2D eigenvalue weighted by Gasteiger charge is -2.56. The molecule has 4 bridgehead atoms. The molecular formula is C27H36O8S. The molecule has 8 nitrogen and oxygen atoms in total. The molecule has 0 saturated heterocycles. The van der Waals surface area contributed by atoms with E-state index in [1.54, 1.807) is 30.3 Å². The van der Waals surface area contributed by atoms with Crippen molar-refractivity contribution >= 4 is 21.9 Å². The van der Waals surface area contributed by atoms with Gasteiger partial charge in [-0.05, 0) is 63.2 Å². The van der Waals surface area contributed by atoms with Gasteiger partial charge in [0, 0.05) is 5.56 Å². The van der Waals surface area contributed by atoms with E-state index >= 15 is 0 Å². The minimum absolute atomic E-state index is 0.0962. The molecule has 0 radical (unpaired) electrons. The van der Waals surface area contributed by atoms with Crippen LogP contribution in [0.15, 0.2) is 43.0 Å². The van der Waals surface area contributed by atoms with Gasteiger partial charge < -0.3 is 14.2 Å². The van der Waals surface area contributed by atoms with Gasteiger partial charge in [-0.2, -0.15) is 8.42 Å². The Kier molecular flexibility index (Phi) is 8.34. The summed E-state index contributed by atoms with van der Waals surface area (Å²) in [6.45, 7) is 4.00. The van der Waals surface area contributed by atoms with Crippen LogP contribution in [0.3, 0.4) is 0 Å². The van der Waals surface area contributed by atoms with E-state index in [4.69, 9.17) is 18.4 Å². The van der Waals surface area contributed by atoms with Gasteiger partial charge in [0.15, 0.2) is 18.0 Å². The molecule has 0 heterocycles. The molecule has 0 amide bonds. The Morgan fingerprint density at radius 2 is 1.69 bits per heavy atom. The van der Waals surface area contributed by atoms with Gasteiger partial charge in [0.1, 0.15) is 0 Å². The molecule has 36 heavy (non-hydrogen) atoms. The SMILES string of the molecule is C=CCOCCS(=O)(=O)OCC(C)(C(=O)OCOC12CC3CC(CC(C3)C1)C2)C(=O)c1ccccc1. The molecule has 4 saturated carbocycles. The van der Waals surface area contributed by atoms with E-state index < -0.39 is 39.6 Å². The van der Waals surface area contributed by atoms with E-state index in [-0.39, 0.29) is 31.2 Å². The number of hydrogen-bond acceptors (Lipinski definition) is 8. The Morgan fingerprint density at radius 3 is 2.28 bits per heavy atom. The van der Waals surface area contributed by atoms with Gasteiger partial charge in [0.05, 0.1) is 31.2 Å². The molecule has 4 aliphatic carbocycles. The Labute approximate surface area is 213 Å². The van der Waals surface area contributed by atoms with Crippen molar-refractivity contribution in [1.29, 1.82) is 0 Å².